The minimum Gasteiger partial charge on any atom is -0.488 e. The molecule has 2 aliphatic carbocycles. The summed E-state index contributed by atoms with van der Waals surface area (Å²) >= 11 is 5.89. The molecule has 2 unspecified atom stereocenters. The van der Waals surface area contributed by atoms with Crippen molar-refractivity contribution in [1.29, 1.82) is 0 Å². The number of hydrogen-bond acceptors (Lipinski definition) is 4. The quantitative estimate of drug-likeness (QED) is 0.716. The van der Waals surface area contributed by atoms with Gasteiger partial charge in [-0.1, -0.05) is 35.9 Å². The number of carbonyl (C=O) groups is 1. The summed E-state index contributed by atoms with van der Waals surface area (Å²) in [6.07, 6.45) is 4.19. The van der Waals surface area contributed by atoms with Gasteiger partial charge in [0, 0.05) is 16.5 Å². The molecule has 0 aliphatic heterocycles. The fourth-order valence-corrected chi connectivity index (χ4v) is 4.51. The molecule has 5 nitrogen and oxygen atoms in total. The van der Waals surface area contributed by atoms with E-state index in [0.29, 0.717) is 23.3 Å². The van der Waals surface area contributed by atoms with Gasteiger partial charge in [0.05, 0.1) is 24.2 Å². The van der Waals surface area contributed by atoms with E-state index in [2.05, 4.69) is 15.5 Å². The van der Waals surface area contributed by atoms with Gasteiger partial charge in [-0.2, -0.15) is 10.2 Å². The number of amides is 1. The van der Waals surface area contributed by atoms with E-state index < -0.39 is 0 Å². The Hall–Kier alpha value is -2.66. The van der Waals surface area contributed by atoms with Crippen LogP contribution >= 0.6 is 11.6 Å². The first-order valence-corrected chi connectivity index (χ1v) is 9.96. The van der Waals surface area contributed by atoms with Gasteiger partial charge in [-0.25, -0.2) is 0 Å². The lowest BCUT2D eigenvalue weighted by Crippen LogP contribution is -2.32. The second-order valence-corrected chi connectivity index (χ2v) is 8.10. The van der Waals surface area contributed by atoms with Crippen molar-refractivity contribution in [2.24, 2.45) is 11.8 Å². The van der Waals surface area contributed by atoms with Crippen LogP contribution in [0.25, 0.3) is 10.9 Å². The van der Waals surface area contributed by atoms with Crippen LogP contribution in [0.4, 0.5) is 0 Å². The van der Waals surface area contributed by atoms with Crippen LogP contribution in [0.1, 0.15) is 18.4 Å². The van der Waals surface area contributed by atoms with Crippen LogP contribution < -0.4 is 10.1 Å². The third-order valence-electron chi connectivity index (χ3n) is 5.81. The molecule has 1 aromatic heterocycles. The highest BCUT2D eigenvalue weighted by atomic mass is 35.5. The summed E-state index contributed by atoms with van der Waals surface area (Å²) in [6, 6.07) is 15.6. The van der Waals surface area contributed by atoms with E-state index in [-0.39, 0.29) is 18.1 Å². The Morgan fingerprint density at radius 1 is 1.11 bits per heavy atom. The average Bonchev–Trinajstić information content (AvgIpc) is 3.13. The Balaban J connectivity index is 1.15. The zero-order valence-corrected chi connectivity index (χ0v) is 16.0. The summed E-state index contributed by atoms with van der Waals surface area (Å²) in [5.41, 5.74) is 1.82. The molecule has 28 heavy (non-hydrogen) atoms. The van der Waals surface area contributed by atoms with E-state index in [1.54, 1.807) is 6.20 Å². The number of ether oxygens (including phenoxy) is 1. The Morgan fingerprint density at radius 2 is 1.86 bits per heavy atom. The van der Waals surface area contributed by atoms with E-state index in [1.807, 2.05) is 48.5 Å². The normalized spacial score (nSPS) is 25.3. The first-order chi connectivity index (χ1) is 13.7. The van der Waals surface area contributed by atoms with Crippen molar-refractivity contribution in [3.63, 3.8) is 0 Å². The topological polar surface area (TPSA) is 64.1 Å². The second kappa shape index (κ2) is 7.06. The molecule has 4 atom stereocenters. The van der Waals surface area contributed by atoms with Crippen LogP contribution in [0, 0.1) is 11.8 Å². The number of hydrogen-bond donors (Lipinski definition) is 1. The number of halogens is 1. The molecule has 5 rings (SSSR count). The van der Waals surface area contributed by atoms with Crippen LogP contribution in [0.2, 0.25) is 5.02 Å². The predicted octanol–water partition coefficient (Wildman–Crippen LogP) is 3.80. The maximum absolute atomic E-state index is 12.3. The number of benzene rings is 2. The number of fused-ring (bicyclic) bond motifs is 2. The highest BCUT2D eigenvalue weighted by Gasteiger charge is 2.57. The summed E-state index contributed by atoms with van der Waals surface area (Å²) in [5.74, 6) is 1.89. The standard InChI is InChI=1S/C22H20ClN3O2/c23-14-7-5-13(6-8-14)9-21(27)25-22-17-10-15(11-18(17)22)28-20-12-24-26-19-4-2-1-3-16(19)20/h1-8,12,15,17-18,22H,9-11H2,(H,25,27)/t15?,17-,18+,22?. The van der Waals surface area contributed by atoms with Crippen molar-refractivity contribution in [3.8, 4) is 5.75 Å². The molecule has 6 heteroatoms. The molecule has 2 aliphatic rings. The number of carbonyl (C=O) groups excluding carboxylic acids is 1. The van der Waals surface area contributed by atoms with Gasteiger partial charge in [0.1, 0.15) is 5.75 Å². The Bertz CT molecular complexity index is 1010. The molecule has 0 radical (unpaired) electrons. The van der Waals surface area contributed by atoms with Crippen molar-refractivity contribution >= 4 is 28.4 Å². The van der Waals surface area contributed by atoms with Gasteiger partial charge >= 0.3 is 0 Å². The average molecular weight is 394 g/mol. The zero-order chi connectivity index (χ0) is 19.1. The van der Waals surface area contributed by atoms with Gasteiger partial charge in [0.15, 0.2) is 0 Å². The fraction of sp³-hybridized carbons (Fsp3) is 0.318. The van der Waals surface area contributed by atoms with Crippen LogP contribution in [0.3, 0.4) is 0 Å². The van der Waals surface area contributed by atoms with E-state index in [0.717, 1.165) is 35.1 Å². The summed E-state index contributed by atoms with van der Waals surface area (Å²) in [6.45, 7) is 0. The number of aromatic nitrogens is 2. The number of rotatable bonds is 5. The van der Waals surface area contributed by atoms with E-state index in [4.69, 9.17) is 16.3 Å². The van der Waals surface area contributed by atoms with Crippen molar-refractivity contribution in [1.82, 2.24) is 15.5 Å². The van der Waals surface area contributed by atoms with E-state index >= 15 is 0 Å². The Kier molecular flexibility index (Phi) is 4.40. The lowest BCUT2D eigenvalue weighted by atomic mass is 10.1. The molecule has 1 amide bonds. The molecule has 0 bridgehead atoms. The van der Waals surface area contributed by atoms with Crippen molar-refractivity contribution in [2.45, 2.75) is 31.4 Å². The van der Waals surface area contributed by atoms with Crippen molar-refractivity contribution in [2.75, 3.05) is 0 Å². The van der Waals surface area contributed by atoms with Crippen LogP contribution in [0.15, 0.2) is 54.7 Å². The van der Waals surface area contributed by atoms with Gasteiger partial charge < -0.3 is 10.1 Å². The van der Waals surface area contributed by atoms with Gasteiger partial charge in [-0.05, 0) is 54.5 Å². The van der Waals surface area contributed by atoms with Crippen molar-refractivity contribution < 1.29 is 9.53 Å². The summed E-state index contributed by atoms with van der Waals surface area (Å²) in [5, 5.41) is 13.0. The third kappa shape index (κ3) is 3.42. The molecule has 2 saturated carbocycles. The van der Waals surface area contributed by atoms with Gasteiger partial charge in [-0.15, -0.1) is 0 Å². The highest BCUT2D eigenvalue weighted by Crippen LogP contribution is 2.53. The van der Waals surface area contributed by atoms with E-state index in [1.165, 1.54) is 0 Å². The SMILES string of the molecule is O=C(Cc1ccc(Cl)cc1)NC1[C@H]2CC(Oc3cnnc4ccccc34)C[C@@H]12. The molecule has 1 heterocycles. The van der Waals surface area contributed by atoms with Gasteiger partial charge in [0.2, 0.25) is 5.91 Å². The van der Waals surface area contributed by atoms with Gasteiger partial charge in [0.25, 0.3) is 0 Å². The molecular weight excluding hydrogens is 374 g/mol. The maximum Gasteiger partial charge on any atom is 0.224 e. The molecule has 0 saturated heterocycles. The molecule has 2 fully saturated rings. The van der Waals surface area contributed by atoms with Gasteiger partial charge in [-0.3, -0.25) is 4.79 Å². The number of nitrogens with one attached hydrogen (secondary N) is 1. The second-order valence-electron chi connectivity index (χ2n) is 7.66. The molecule has 3 aromatic rings. The molecule has 142 valence electrons. The zero-order valence-electron chi connectivity index (χ0n) is 15.2. The monoisotopic (exact) mass is 393 g/mol. The van der Waals surface area contributed by atoms with Crippen LogP contribution in [-0.2, 0) is 11.2 Å². The minimum atomic E-state index is 0.0727. The smallest absolute Gasteiger partial charge is 0.224 e. The number of nitrogens with zero attached hydrogens (tertiary/aromatic N) is 2. The first-order valence-electron chi connectivity index (χ1n) is 9.58. The highest BCUT2D eigenvalue weighted by molar-refractivity contribution is 6.30. The lowest BCUT2D eigenvalue weighted by Gasteiger charge is -2.18. The summed E-state index contributed by atoms with van der Waals surface area (Å²) in [4.78, 5) is 12.3. The van der Waals surface area contributed by atoms with Crippen molar-refractivity contribution in [3.05, 3.63) is 65.3 Å². The van der Waals surface area contributed by atoms with Crippen LogP contribution in [-0.4, -0.2) is 28.3 Å². The summed E-state index contributed by atoms with van der Waals surface area (Å²) in [7, 11) is 0. The first kappa shape index (κ1) is 17.4. The largest absolute Gasteiger partial charge is 0.488 e. The lowest BCUT2D eigenvalue weighted by molar-refractivity contribution is -0.120. The fourth-order valence-electron chi connectivity index (χ4n) is 4.38. The predicted molar refractivity (Wildman–Crippen MR) is 107 cm³/mol. The maximum atomic E-state index is 12.3. The van der Waals surface area contributed by atoms with E-state index in [9.17, 15) is 4.79 Å². The Labute approximate surface area is 168 Å². The minimum absolute atomic E-state index is 0.0727. The Morgan fingerprint density at radius 3 is 2.64 bits per heavy atom. The third-order valence-corrected chi connectivity index (χ3v) is 6.06. The van der Waals surface area contributed by atoms with Crippen LogP contribution in [0.5, 0.6) is 5.75 Å². The molecule has 1 N–H and O–H groups in total. The molecule has 2 aromatic carbocycles. The molecule has 0 spiro atoms. The summed E-state index contributed by atoms with van der Waals surface area (Å²) < 4.78 is 6.22. The molecular formula is C22H20ClN3O2.